The van der Waals surface area contributed by atoms with Crippen LogP contribution in [0, 0.1) is 0 Å². The first-order valence-corrected chi connectivity index (χ1v) is 18.0. The Bertz CT molecular complexity index is 1510. The smallest absolute Gasteiger partial charge is 0.243 e. The molecule has 0 spiro atoms. The van der Waals surface area contributed by atoms with E-state index in [1.165, 1.54) is 62.8 Å². The van der Waals surface area contributed by atoms with Crippen LogP contribution in [0.25, 0.3) is 0 Å². The van der Waals surface area contributed by atoms with Crippen LogP contribution >= 0.6 is 0 Å². The highest BCUT2D eigenvalue weighted by molar-refractivity contribution is 7.93. The molecular weight excluding hydrogens is 581 g/mol. The van der Waals surface area contributed by atoms with Gasteiger partial charge in [0.05, 0.1) is 71.2 Å². The molecule has 38 heavy (non-hydrogen) atoms. The maximum Gasteiger partial charge on any atom is 0.243 e. The molecule has 2 aromatic rings. The van der Waals surface area contributed by atoms with Crippen molar-refractivity contribution in [2.24, 2.45) is 0 Å². The zero-order valence-electron chi connectivity index (χ0n) is 20.4. The van der Waals surface area contributed by atoms with Crippen molar-refractivity contribution in [2.45, 2.75) is 34.0 Å². The number of methoxy groups -OCH3 is 2. The molecule has 3 aliphatic rings. The summed E-state index contributed by atoms with van der Waals surface area (Å²) >= 11 is 0. The van der Waals surface area contributed by atoms with Gasteiger partial charge in [-0.25, -0.2) is 33.7 Å². The molecule has 0 amide bonds. The van der Waals surface area contributed by atoms with Crippen molar-refractivity contribution in [3.05, 3.63) is 48.5 Å². The fourth-order valence-electron chi connectivity index (χ4n) is 5.54. The quantitative estimate of drug-likeness (QED) is 0.428. The van der Waals surface area contributed by atoms with E-state index >= 15 is 0 Å². The number of hydrogen-bond acceptors (Lipinski definition) is 10. The minimum Gasteiger partial charge on any atom is -0.497 e. The number of fused-ring (bicyclic) bond motifs is 2. The molecule has 0 aromatic heterocycles. The van der Waals surface area contributed by atoms with Gasteiger partial charge in [-0.05, 0) is 48.5 Å². The van der Waals surface area contributed by atoms with E-state index in [1.807, 2.05) is 0 Å². The largest absolute Gasteiger partial charge is 0.497 e. The van der Waals surface area contributed by atoms with Gasteiger partial charge in [0.25, 0.3) is 0 Å². The first-order valence-electron chi connectivity index (χ1n) is 11.5. The Morgan fingerprint density at radius 1 is 0.579 bits per heavy atom. The Labute approximate surface area is 222 Å². The molecule has 3 aliphatic heterocycles. The molecule has 0 radical (unpaired) electrons. The van der Waals surface area contributed by atoms with Gasteiger partial charge >= 0.3 is 0 Å². The molecule has 0 bridgehead atoms. The van der Waals surface area contributed by atoms with Crippen LogP contribution in [0.4, 0.5) is 0 Å². The predicted molar refractivity (Wildman–Crippen MR) is 136 cm³/mol. The van der Waals surface area contributed by atoms with Crippen molar-refractivity contribution in [2.75, 3.05) is 37.2 Å². The van der Waals surface area contributed by atoms with Crippen molar-refractivity contribution in [1.29, 1.82) is 0 Å². The first kappa shape index (κ1) is 27.3. The lowest BCUT2D eigenvalue weighted by Gasteiger charge is -2.48. The molecule has 208 valence electrons. The number of piperazine rings is 1. The van der Waals surface area contributed by atoms with Crippen molar-refractivity contribution >= 4 is 39.7 Å². The Kier molecular flexibility index (Phi) is 6.59. The van der Waals surface area contributed by atoms with Crippen LogP contribution in [0.5, 0.6) is 11.5 Å². The van der Waals surface area contributed by atoms with Crippen molar-refractivity contribution in [3.63, 3.8) is 0 Å². The maximum absolute atomic E-state index is 13.9. The summed E-state index contributed by atoms with van der Waals surface area (Å²) in [6.45, 7) is 0. The molecule has 16 heteroatoms. The summed E-state index contributed by atoms with van der Waals surface area (Å²) in [5, 5.41) is 0. The minimum atomic E-state index is -4.43. The molecule has 3 fully saturated rings. The van der Waals surface area contributed by atoms with Crippen LogP contribution in [0.2, 0.25) is 0 Å². The molecule has 0 aliphatic carbocycles. The Morgan fingerprint density at radius 3 is 1.08 bits per heavy atom. The number of hydrogen-bond donors (Lipinski definition) is 0. The van der Waals surface area contributed by atoms with E-state index in [-0.39, 0.29) is 9.79 Å². The normalized spacial score (nSPS) is 28.9. The van der Waals surface area contributed by atoms with Crippen LogP contribution in [0.1, 0.15) is 0 Å². The Hall–Kier alpha value is -2.24. The van der Waals surface area contributed by atoms with Crippen molar-refractivity contribution in [3.8, 4) is 11.5 Å². The molecule has 3 saturated heterocycles. The molecule has 4 atom stereocenters. The highest BCUT2D eigenvalue weighted by Gasteiger charge is 2.63. The molecular formula is C22H26N2O10S4. The molecule has 0 saturated carbocycles. The van der Waals surface area contributed by atoms with Gasteiger partial charge in [0, 0.05) is 0 Å². The molecule has 5 rings (SSSR count). The van der Waals surface area contributed by atoms with E-state index in [9.17, 15) is 33.7 Å². The average Bonchev–Trinajstić information content (AvgIpc) is 3.34. The van der Waals surface area contributed by atoms with Gasteiger partial charge in [0.1, 0.15) is 11.5 Å². The predicted octanol–water partition coefficient (Wildman–Crippen LogP) is -0.270. The number of rotatable bonds is 6. The molecule has 0 N–H and O–H groups in total. The van der Waals surface area contributed by atoms with Crippen molar-refractivity contribution < 1.29 is 43.1 Å². The molecule has 3 heterocycles. The summed E-state index contributed by atoms with van der Waals surface area (Å²) in [5.74, 6) is -1.75. The second-order valence-electron chi connectivity index (χ2n) is 9.44. The topological polar surface area (TPSA) is 162 Å². The summed E-state index contributed by atoms with van der Waals surface area (Å²) in [7, 11) is -13.8. The number of ether oxygens (including phenoxy) is 2. The van der Waals surface area contributed by atoms with Crippen LogP contribution in [-0.2, 0) is 39.7 Å². The number of sulfonamides is 2. The molecule has 0 unspecified atom stereocenters. The van der Waals surface area contributed by atoms with E-state index < -0.39 is 86.9 Å². The lowest BCUT2D eigenvalue weighted by molar-refractivity contribution is 0.0841. The summed E-state index contributed by atoms with van der Waals surface area (Å²) in [5.41, 5.74) is 0. The third kappa shape index (κ3) is 4.50. The zero-order valence-corrected chi connectivity index (χ0v) is 23.6. The molecule has 2 aromatic carbocycles. The number of nitrogens with zero attached hydrogens (tertiary/aromatic N) is 2. The van der Waals surface area contributed by atoms with E-state index in [2.05, 4.69) is 0 Å². The summed E-state index contributed by atoms with van der Waals surface area (Å²) in [6, 6.07) is 5.57. The monoisotopic (exact) mass is 606 g/mol. The van der Waals surface area contributed by atoms with E-state index in [0.29, 0.717) is 11.5 Å². The van der Waals surface area contributed by atoms with Crippen molar-refractivity contribution in [1.82, 2.24) is 8.61 Å². The fraction of sp³-hybridized carbons (Fsp3) is 0.455. The zero-order chi connectivity index (χ0) is 27.7. The second-order valence-corrected chi connectivity index (χ2v) is 17.4. The highest BCUT2D eigenvalue weighted by Crippen LogP contribution is 2.43. The summed E-state index contributed by atoms with van der Waals surface area (Å²) in [6.07, 6.45) is 0. The summed E-state index contributed by atoms with van der Waals surface area (Å²) < 4.78 is 119. The lowest BCUT2D eigenvalue weighted by Crippen LogP contribution is -2.69. The lowest BCUT2D eigenvalue weighted by atomic mass is 10.0. The average molecular weight is 607 g/mol. The van der Waals surface area contributed by atoms with Gasteiger partial charge < -0.3 is 9.47 Å². The SMILES string of the molecule is COc1ccc(S(=O)(=O)N2[C@@H]3CS(=O)(=O)C[C@H]3N(S(=O)(=O)c3ccc(OC)cc3)[C@H]3CS(=O)(=O)C[C@H]32)cc1. The van der Waals surface area contributed by atoms with Gasteiger partial charge in [0.15, 0.2) is 19.7 Å². The summed E-state index contributed by atoms with van der Waals surface area (Å²) in [4.78, 5) is -0.369. The van der Waals surface area contributed by atoms with Crippen LogP contribution in [0.15, 0.2) is 58.3 Å². The van der Waals surface area contributed by atoms with Gasteiger partial charge in [-0.3, -0.25) is 0 Å². The standard InChI is InChI=1S/C22H26N2O10S4/c1-33-15-3-7-17(8-4-15)37(29,30)23-19-11-35(25,26)13-21(19)24(22-14-36(27,28)12-20(22)23)38(31,32)18-9-5-16(34-2)6-10-18/h3-10,19-22H,11-14H2,1-2H3/t19-,20-,21-,22+/m1/s1. The van der Waals surface area contributed by atoms with Gasteiger partial charge in [-0.15, -0.1) is 0 Å². The van der Waals surface area contributed by atoms with Crippen LogP contribution < -0.4 is 9.47 Å². The highest BCUT2D eigenvalue weighted by atomic mass is 32.2. The van der Waals surface area contributed by atoms with E-state index in [0.717, 1.165) is 8.61 Å². The Morgan fingerprint density at radius 2 is 0.842 bits per heavy atom. The number of benzene rings is 2. The first-order chi connectivity index (χ1) is 17.7. The third-order valence-corrected chi connectivity index (χ3v) is 14.5. The maximum atomic E-state index is 13.9. The third-order valence-electron chi connectivity index (χ3n) is 7.16. The van der Waals surface area contributed by atoms with Gasteiger partial charge in [-0.1, -0.05) is 0 Å². The fourth-order valence-corrected chi connectivity index (χ4v) is 13.5. The van der Waals surface area contributed by atoms with Crippen LogP contribution in [0.3, 0.4) is 0 Å². The van der Waals surface area contributed by atoms with E-state index in [1.54, 1.807) is 0 Å². The number of sulfone groups is 2. The van der Waals surface area contributed by atoms with E-state index in [4.69, 9.17) is 9.47 Å². The Balaban J connectivity index is 1.67. The van der Waals surface area contributed by atoms with Gasteiger partial charge in [-0.2, -0.15) is 8.61 Å². The van der Waals surface area contributed by atoms with Crippen LogP contribution in [-0.4, -0.2) is 104 Å². The van der Waals surface area contributed by atoms with Gasteiger partial charge in [0.2, 0.25) is 20.0 Å². The minimum absolute atomic E-state index is 0.184. The second kappa shape index (κ2) is 9.16. The molecule has 12 nitrogen and oxygen atoms in total.